The van der Waals surface area contributed by atoms with E-state index in [0.717, 1.165) is 49.5 Å². The Kier molecular flexibility index (Phi) is 6.14. The number of benzene rings is 1. The van der Waals surface area contributed by atoms with Crippen molar-refractivity contribution in [2.75, 3.05) is 44.6 Å². The molecule has 2 rings (SSSR count). The van der Waals surface area contributed by atoms with Crippen molar-refractivity contribution < 1.29 is 4.79 Å². The number of anilines is 1. The van der Waals surface area contributed by atoms with Crippen LogP contribution in [0.25, 0.3) is 0 Å². The summed E-state index contributed by atoms with van der Waals surface area (Å²) in [5.41, 5.74) is 3.11. The molecule has 1 atom stereocenters. The van der Waals surface area contributed by atoms with Crippen molar-refractivity contribution in [2.24, 2.45) is 5.92 Å². The van der Waals surface area contributed by atoms with E-state index in [1.165, 1.54) is 0 Å². The first-order valence-corrected chi connectivity index (χ1v) is 8.20. The predicted molar refractivity (Wildman–Crippen MR) is 92.2 cm³/mol. The Balaban J connectivity index is 1.80. The molecular weight excluding hydrogens is 288 g/mol. The van der Waals surface area contributed by atoms with Crippen molar-refractivity contribution in [3.63, 3.8) is 0 Å². The SMILES string of the molecule is Cc1cccc(C)c1NC(=O)CN1CCN(C[C@H](C)C#N)CC1. The molecule has 0 bridgehead atoms. The molecule has 5 nitrogen and oxygen atoms in total. The molecule has 0 spiro atoms. The average molecular weight is 314 g/mol. The van der Waals surface area contributed by atoms with Crippen LogP contribution < -0.4 is 5.32 Å². The van der Waals surface area contributed by atoms with Gasteiger partial charge in [0.2, 0.25) is 5.91 Å². The molecule has 124 valence electrons. The molecule has 0 radical (unpaired) electrons. The maximum atomic E-state index is 12.3. The lowest BCUT2D eigenvalue weighted by Crippen LogP contribution is -2.49. The van der Waals surface area contributed by atoms with Crippen LogP contribution in [0.4, 0.5) is 5.69 Å². The Morgan fingerprint density at radius 3 is 2.35 bits per heavy atom. The summed E-state index contributed by atoms with van der Waals surface area (Å²) in [6, 6.07) is 8.30. The number of rotatable bonds is 5. The lowest BCUT2D eigenvalue weighted by molar-refractivity contribution is -0.117. The molecule has 1 aromatic carbocycles. The molecule has 1 aromatic rings. The van der Waals surface area contributed by atoms with E-state index in [2.05, 4.69) is 21.2 Å². The van der Waals surface area contributed by atoms with Crippen molar-refractivity contribution in [2.45, 2.75) is 20.8 Å². The smallest absolute Gasteiger partial charge is 0.238 e. The summed E-state index contributed by atoms with van der Waals surface area (Å²) in [5.74, 6) is 0.107. The molecule has 0 aromatic heterocycles. The van der Waals surface area contributed by atoms with Gasteiger partial charge in [-0.3, -0.25) is 14.6 Å². The summed E-state index contributed by atoms with van der Waals surface area (Å²) >= 11 is 0. The summed E-state index contributed by atoms with van der Waals surface area (Å²) in [5, 5.41) is 11.9. The number of nitrogens with one attached hydrogen (secondary N) is 1. The van der Waals surface area contributed by atoms with E-state index in [4.69, 9.17) is 5.26 Å². The van der Waals surface area contributed by atoms with Crippen LogP contribution in [0.1, 0.15) is 18.1 Å². The van der Waals surface area contributed by atoms with Crippen LogP contribution in [0.15, 0.2) is 18.2 Å². The van der Waals surface area contributed by atoms with Crippen molar-refractivity contribution in [3.8, 4) is 6.07 Å². The fraction of sp³-hybridized carbons (Fsp3) is 0.556. The fourth-order valence-corrected chi connectivity index (χ4v) is 2.95. The van der Waals surface area contributed by atoms with Crippen LogP contribution in [0.3, 0.4) is 0 Å². The minimum atomic E-state index is 0.0428. The molecule has 0 saturated carbocycles. The zero-order chi connectivity index (χ0) is 16.8. The van der Waals surface area contributed by atoms with Gasteiger partial charge in [-0.15, -0.1) is 0 Å². The lowest BCUT2D eigenvalue weighted by Gasteiger charge is -2.34. The number of para-hydroxylation sites is 1. The Morgan fingerprint density at radius 2 is 1.78 bits per heavy atom. The third kappa shape index (κ3) is 5.05. The molecule has 1 fully saturated rings. The summed E-state index contributed by atoms with van der Waals surface area (Å²) in [6.45, 7) is 10.8. The first kappa shape index (κ1) is 17.5. The molecule has 0 aliphatic carbocycles. The van der Waals surface area contributed by atoms with Crippen LogP contribution in [0.2, 0.25) is 0 Å². The highest BCUT2D eigenvalue weighted by Crippen LogP contribution is 2.19. The van der Waals surface area contributed by atoms with Gasteiger partial charge < -0.3 is 5.32 Å². The molecule has 0 unspecified atom stereocenters. The number of piperazine rings is 1. The molecule has 1 saturated heterocycles. The largest absolute Gasteiger partial charge is 0.324 e. The fourth-order valence-electron chi connectivity index (χ4n) is 2.95. The number of hydrogen-bond acceptors (Lipinski definition) is 4. The Labute approximate surface area is 138 Å². The van der Waals surface area contributed by atoms with Crippen LogP contribution >= 0.6 is 0 Å². The second-order valence-corrected chi connectivity index (χ2v) is 6.42. The maximum Gasteiger partial charge on any atom is 0.238 e. The minimum Gasteiger partial charge on any atom is -0.324 e. The van der Waals surface area contributed by atoms with Crippen LogP contribution in [-0.4, -0.2) is 55.0 Å². The quantitative estimate of drug-likeness (QED) is 0.903. The lowest BCUT2D eigenvalue weighted by atomic mass is 10.1. The minimum absolute atomic E-state index is 0.0428. The number of carbonyl (C=O) groups is 1. The number of hydrogen-bond donors (Lipinski definition) is 1. The van der Waals surface area contributed by atoms with Gasteiger partial charge in [-0.1, -0.05) is 18.2 Å². The van der Waals surface area contributed by atoms with Gasteiger partial charge in [-0.05, 0) is 31.9 Å². The molecule has 1 amide bonds. The van der Waals surface area contributed by atoms with Crippen molar-refractivity contribution >= 4 is 11.6 Å². The number of nitriles is 1. The van der Waals surface area contributed by atoms with Gasteiger partial charge in [0, 0.05) is 38.4 Å². The van der Waals surface area contributed by atoms with E-state index in [1.54, 1.807) is 0 Å². The predicted octanol–water partition coefficient (Wildman–Crippen LogP) is 2.02. The number of aryl methyl sites for hydroxylation is 2. The van der Waals surface area contributed by atoms with Gasteiger partial charge >= 0.3 is 0 Å². The second kappa shape index (κ2) is 8.09. The third-order valence-corrected chi connectivity index (χ3v) is 4.33. The first-order chi connectivity index (χ1) is 11.0. The van der Waals surface area contributed by atoms with Gasteiger partial charge in [-0.2, -0.15) is 5.26 Å². The monoisotopic (exact) mass is 314 g/mol. The van der Waals surface area contributed by atoms with E-state index in [9.17, 15) is 4.79 Å². The standard InChI is InChI=1S/C18H26N4O/c1-14(11-19)12-21-7-9-22(10-8-21)13-17(23)20-18-15(2)5-4-6-16(18)3/h4-6,14H,7-10,12-13H2,1-3H3,(H,20,23)/t14-/m1/s1. The molecule has 5 heteroatoms. The second-order valence-electron chi connectivity index (χ2n) is 6.42. The molecular formula is C18H26N4O. The highest BCUT2D eigenvalue weighted by Gasteiger charge is 2.20. The van der Waals surface area contributed by atoms with Gasteiger partial charge in [-0.25, -0.2) is 0 Å². The molecule has 1 N–H and O–H groups in total. The van der Waals surface area contributed by atoms with Gasteiger partial charge in [0.05, 0.1) is 18.5 Å². The van der Waals surface area contributed by atoms with Crippen LogP contribution in [0, 0.1) is 31.1 Å². The Bertz CT molecular complexity index is 565. The van der Waals surface area contributed by atoms with Gasteiger partial charge in [0.25, 0.3) is 0 Å². The summed E-state index contributed by atoms with van der Waals surface area (Å²) in [6.07, 6.45) is 0. The Morgan fingerprint density at radius 1 is 1.22 bits per heavy atom. The van der Waals surface area contributed by atoms with E-state index in [-0.39, 0.29) is 11.8 Å². The van der Waals surface area contributed by atoms with Crippen LogP contribution in [-0.2, 0) is 4.79 Å². The Hall–Kier alpha value is -1.90. The zero-order valence-electron chi connectivity index (χ0n) is 14.3. The zero-order valence-corrected chi connectivity index (χ0v) is 14.3. The van der Waals surface area contributed by atoms with Crippen molar-refractivity contribution in [1.82, 2.24) is 9.80 Å². The normalized spacial score (nSPS) is 17.5. The first-order valence-electron chi connectivity index (χ1n) is 8.20. The van der Waals surface area contributed by atoms with E-state index >= 15 is 0 Å². The van der Waals surface area contributed by atoms with Crippen molar-refractivity contribution in [3.05, 3.63) is 29.3 Å². The van der Waals surface area contributed by atoms with E-state index in [0.29, 0.717) is 6.54 Å². The van der Waals surface area contributed by atoms with Crippen LogP contribution in [0.5, 0.6) is 0 Å². The summed E-state index contributed by atoms with van der Waals surface area (Å²) in [7, 11) is 0. The van der Waals surface area contributed by atoms with Crippen molar-refractivity contribution in [1.29, 1.82) is 5.26 Å². The van der Waals surface area contributed by atoms with Gasteiger partial charge in [0.1, 0.15) is 0 Å². The van der Waals surface area contributed by atoms with Gasteiger partial charge in [0.15, 0.2) is 0 Å². The molecule has 1 aliphatic rings. The van der Waals surface area contributed by atoms with E-state index in [1.807, 2.05) is 39.0 Å². The average Bonchev–Trinajstić information content (AvgIpc) is 2.53. The third-order valence-electron chi connectivity index (χ3n) is 4.33. The number of amides is 1. The molecule has 1 aliphatic heterocycles. The summed E-state index contributed by atoms with van der Waals surface area (Å²) < 4.78 is 0. The number of carbonyl (C=O) groups excluding carboxylic acids is 1. The summed E-state index contributed by atoms with van der Waals surface area (Å²) in [4.78, 5) is 16.8. The maximum absolute atomic E-state index is 12.3. The number of nitrogens with zero attached hydrogens (tertiary/aromatic N) is 3. The van der Waals surface area contributed by atoms with E-state index < -0.39 is 0 Å². The topological polar surface area (TPSA) is 59.4 Å². The highest BCUT2D eigenvalue weighted by molar-refractivity contribution is 5.93. The molecule has 1 heterocycles. The molecule has 23 heavy (non-hydrogen) atoms. The highest BCUT2D eigenvalue weighted by atomic mass is 16.2.